The molecule has 2 atom stereocenters. The molecule has 1 saturated carbocycles. The minimum atomic E-state index is -0.270. The molecule has 4 heteroatoms. The van der Waals surface area contributed by atoms with Crippen LogP contribution < -0.4 is 5.32 Å². The summed E-state index contributed by atoms with van der Waals surface area (Å²) in [4.78, 5) is 11.6. The van der Waals surface area contributed by atoms with E-state index in [0.717, 1.165) is 13.1 Å². The third kappa shape index (κ3) is 3.12. The highest BCUT2D eigenvalue weighted by molar-refractivity contribution is 5.89. The molecule has 1 aliphatic carbocycles. The zero-order chi connectivity index (χ0) is 16.7. The van der Waals surface area contributed by atoms with Crippen molar-refractivity contribution in [3.63, 3.8) is 0 Å². The molecule has 24 heavy (non-hydrogen) atoms. The molecule has 3 rings (SSSR count). The van der Waals surface area contributed by atoms with Crippen LogP contribution in [0.4, 0.5) is 0 Å². The number of ether oxygens (including phenoxy) is 1. The number of hydrogen-bond acceptors (Lipinski definition) is 3. The Morgan fingerprint density at radius 1 is 1.21 bits per heavy atom. The average molecular weight is 350 g/mol. The van der Waals surface area contributed by atoms with Gasteiger partial charge < -0.3 is 10.1 Å². The second-order valence-electron chi connectivity index (χ2n) is 7.74. The van der Waals surface area contributed by atoms with Gasteiger partial charge in [0, 0.05) is 18.5 Å². The molecule has 1 aromatic carbocycles. The van der Waals surface area contributed by atoms with Gasteiger partial charge in [0.1, 0.15) is 0 Å². The van der Waals surface area contributed by atoms with Crippen LogP contribution >= 0.6 is 12.4 Å². The lowest BCUT2D eigenvalue weighted by Gasteiger charge is -2.52. The van der Waals surface area contributed by atoms with Gasteiger partial charge >= 0.3 is 5.97 Å². The first kappa shape index (κ1) is 19.0. The highest BCUT2D eigenvalue weighted by Gasteiger charge is 2.47. The summed E-state index contributed by atoms with van der Waals surface area (Å²) in [6.07, 6.45) is 4.79. The molecule has 0 spiro atoms. The zero-order valence-corrected chi connectivity index (χ0v) is 15.8. The molecule has 3 nitrogen and oxygen atoms in total. The van der Waals surface area contributed by atoms with E-state index in [1.807, 2.05) is 12.1 Å². The summed E-state index contributed by atoms with van der Waals surface area (Å²) in [7, 11) is 1.42. The van der Waals surface area contributed by atoms with Crippen LogP contribution in [0.2, 0.25) is 0 Å². The lowest BCUT2D eigenvalue weighted by molar-refractivity contribution is 0.0600. The van der Waals surface area contributed by atoms with E-state index in [9.17, 15) is 4.79 Å². The summed E-state index contributed by atoms with van der Waals surface area (Å²) in [6.45, 7) is 9.20. The molecule has 0 saturated heterocycles. The Hall–Kier alpha value is -1.32. The second kappa shape index (κ2) is 6.89. The van der Waals surface area contributed by atoms with Crippen LogP contribution in [0.5, 0.6) is 0 Å². The minimum Gasteiger partial charge on any atom is -0.465 e. The Kier molecular flexibility index (Phi) is 5.46. The van der Waals surface area contributed by atoms with E-state index in [2.05, 4.69) is 44.3 Å². The number of carbonyl (C=O) groups excluding carboxylic acids is 1. The first-order valence-corrected chi connectivity index (χ1v) is 8.48. The average Bonchev–Trinajstić information content (AvgIpc) is 2.54. The van der Waals surface area contributed by atoms with Gasteiger partial charge in [-0.3, -0.25) is 0 Å². The monoisotopic (exact) mass is 349 g/mol. The number of esters is 1. The Morgan fingerprint density at radius 3 is 2.50 bits per heavy atom. The van der Waals surface area contributed by atoms with E-state index in [1.165, 1.54) is 25.5 Å². The molecular weight excluding hydrogens is 322 g/mol. The van der Waals surface area contributed by atoms with Gasteiger partial charge in [0.05, 0.1) is 12.7 Å². The predicted molar refractivity (Wildman–Crippen MR) is 99.8 cm³/mol. The lowest BCUT2D eigenvalue weighted by Crippen LogP contribution is -2.47. The molecule has 132 valence electrons. The van der Waals surface area contributed by atoms with Gasteiger partial charge in [-0.15, -0.1) is 12.4 Å². The van der Waals surface area contributed by atoms with Crippen LogP contribution in [0.1, 0.15) is 55.5 Å². The van der Waals surface area contributed by atoms with Crippen molar-refractivity contribution in [3.8, 4) is 0 Å². The van der Waals surface area contributed by atoms with Gasteiger partial charge in [-0.25, -0.2) is 4.79 Å². The van der Waals surface area contributed by atoms with Crippen LogP contribution in [0.15, 0.2) is 35.9 Å². The number of carbonyl (C=O) groups is 1. The maximum absolute atomic E-state index is 11.6. The molecule has 0 aromatic heterocycles. The number of benzene rings is 1. The van der Waals surface area contributed by atoms with Gasteiger partial charge in [-0.2, -0.15) is 0 Å². The lowest BCUT2D eigenvalue weighted by atomic mass is 9.54. The third-order valence-electron chi connectivity index (χ3n) is 5.90. The van der Waals surface area contributed by atoms with E-state index < -0.39 is 0 Å². The van der Waals surface area contributed by atoms with Crippen LogP contribution in [0.3, 0.4) is 0 Å². The Morgan fingerprint density at radius 2 is 1.88 bits per heavy atom. The highest BCUT2D eigenvalue weighted by atomic mass is 35.5. The Balaban J connectivity index is 0.00000208. The topological polar surface area (TPSA) is 38.3 Å². The number of methoxy groups -OCH3 is 1. The van der Waals surface area contributed by atoms with Crippen LogP contribution in [-0.2, 0) is 4.74 Å². The molecular formula is C20H28ClNO2. The number of halogens is 1. The number of nitrogens with one attached hydrogen (secondary N) is 1. The molecule has 2 aliphatic rings. The first-order chi connectivity index (χ1) is 10.9. The van der Waals surface area contributed by atoms with Crippen molar-refractivity contribution in [2.24, 2.45) is 10.8 Å². The summed E-state index contributed by atoms with van der Waals surface area (Å²) in [5.41, 5.74) is 3.96. The van der Waals surface area contributed by atoms with Crippen molar-refractivity contribution in [2.45, 2.75) is 39.5 Å². The van der Waals surface area contributed by atoms with Gasteiger partial charge in [0.2, 0.25) is 0 Å². The predicted octanol–water partition coefficient (Wildman–Crippen LogP) is 4.33. The fourth-order valence-electron chi connectivity index (χ4n) is 4.69. The van der Waals surface area contributed by atoms with E-state index in [-0.39, 0.29) is 29.2 Å². The number of fused-ring (bicyclic) bond motifs is 1. The maximum atomic E-state index is 11.6. The van der Waals surface area contributed by atoms with Gasteiger partial charge in [-0.1, -0.05) is 44.6 Å². The van der Waals surface area contributed by atoms with Crippen molar-refractivity contribution >= 4 is 18.4 Å². The van der Waals surface area contributed by atoms with E-state index in [1.54, 1.807) is 5.57 Å². The second-order valence-corrected chi connectivity index (χ2v) is 7.74. The van der Waals surface area contributed by atoms with Crippen molar-refractivity contribution < 1.29 is 9.53 Å². The van der Waals surface area contributed by atoms with Crippen molar-refractivity contribution in [2.75, 3.05) is 20.2 Å². The van der Waals surface area contributed by atoms with Gasteiger partial charge in [0.25, 0.3) is 0 Å². The summed E-state index contributed by atoms with van der Waals surface area (Å²) in [6, 6.07) is 7.98. The Labute approximate surface area is 151 Å². The number of rotatable bonds is 2. The highest BCUT2D eigenvalue weighted by Crippen LogP contribution is 2.57. The molecule has 1 heterocycles. The summed E-state index contributed by atoms with van der Waals surface area (Å²) < 4.78 is 4.79. The maximum Gasteiger partial charge on any atom is 0.337 e. The van der Waals surface area contributed by atoms with Crippen LogP contribution in [0.25, 0.3) is 0 Å². The normalized spacial score (nSPS) is 28.2. The summed E-state index contributed by atoms with van der Waals surface area (Å²) in [5.74, 6) is 0.222. The largest absolute Gasteiger partial charge is 0.465 e. The molecule has 1 unspecified atom stereocenters. The number of hydrogen-bond donors (Lipinski definition) is 1. The fraction of sp³-hybridized carbons (Fsp3) is 0.550. The van der Waals surface area contributed by atoms with Crippen molar-refractivity contribution in [1.29, 1.82) is 0 Å². The Bertz CT molecular complexity index is 636. The smallest absolute Gasteiger partial charge is 0.337 e. The fourth-order valence-corrected chi connectivity index (χ4v) is 4.69. The van der Waals surface area contributed by atoms with Crippen LogP contribution in [0, 0.1) is 10.8 Å². The quantitative estimate of drug-likeness (QED) is 0.637. The first-order valence-electron chi connectivity index (χ1n) is 8.48. The molecule has 1 aliphatic heterocycles. The van der Waals surface area contributed by atoms with Gasteiger partial charge in [0.15, 0.2) is 0 Å². The molecule has 1 fully saturated rings. The van der Waals surface area contributed by atoms with Crippen LogP contribution in [-0.4, -0.2) is 26.2 Å². The zero-order valence-electron chi connectivity index (χ0n) is 15.0. The van der Waals surface area contributed by atoms with Gasteiger partial charge in [-0.05, 0) is 41.9 Å². The van der Waals surface area contributed by atoms with Crippen molar-refractivity contribution in [1.82, 2.24) is 5.32 Å². The molecule has 0 radical (unpaired) electrons. The van der Waals surface area contributed by atoms with Crippen molar-refractivity contribution in [3.05, 3.63) is 47.0 Å². The standard InChI is InChI=1S/C20H27NO2.ClH/c1-19(2)16(9-11-20(3)13-21-12-10-17(19)20)14-5-7-15(8-6-14)18(22)23-4;/h5-8,10,16,21H,9,11-13H2,1-4H3;1H/t16?,20-;/m1./s1. The molecule has 1 aromatic rings. The third-order valence-corrected chi connectivity index (χ3v) is 5.90. The van der Waals surface area contributed by atoms with E-state index in [4.69, 9.17) is 4.74 Å². The molecule has 0 amide bonds. The summed E-state index contributed by atoms with van der Waals surface area (Å²) in [5, 5.41) is 3.52. The van der Waals surface area contributed by atoms with E-state index >= 15 is 0 Å². The molecule has 1 N–H and O–H groups in total. The SMILES string of the molecule is COC(=O)c1ccc(C2CC[C@]3(C)CNCC=C3C2(C)C)cc1.Cl. The minimum absolute atomic E-state index is 0. The summed E-state index contributed by atoms with van der Waals surface area (Å²) >= 11 is 0. The molecule has 0 bridgehead atoms. The van der Waals surface area contributed by atoms with E-state index in [0.29, 0.717) is 11.5 Å².